The Balaban J connectivity index is 1.57. The number of benzene rings is 1. The predicted molar refractivity (Wildman–Crippen MR) is 119 cm³/mol. The van der Waals surface area contributed by atoms with Crippen molar-refractivity contribution in [2.24, 2.45) is 0 Å². The molecule has 0 aliphatic carbocycles. The summed E-state index contributed by atoms with van der Waals surface area (Å²) in [6.45, 7) is 3.53. The van der Waals surface area contributed by atoms with Crippen LogP contribution in [0.3, 0.4) is 0 Å². The van der Waals surface area contributed by atoms with Gasteiger partial charge in [-0.3, -0.25) is 19.0 Å². The molecule has 8 nitrogen and oxygen atoms in total. The summed E-state index contributed by atoms with van der Waals surface area (Å²) >= 11 is 1.16. The van der Waals surface area contributed by atoms with Gasteiger partial charge in [-0.15, -0.1) is 0 Å². The maximum absolute atomic E-state index is 13.0. The first-order valence-corrected chi connectivity index (χ1v) is 10.6. The second-order valence-corrected chi connectivity index (χ2v) is 7.99. The van der Waals surface area contributed by atoms with Crippen molar-refractivity contribution in [3.05, 3.63) is 76.1 Å². The Kier molecular flexibility index (Phi) is 5.77. The Bertz CT molecular complexity index is 1320. The van der Waals surface area contributed by atoms with Gasteiger partial charge in [0.1, 0.15) is 11.3 Å². The van der Waals surface area contributed by atoms with E-state index in [1.165, 1.54) is 11.5 Å². The van der Waals surface area contributed by atoms with Crippen molar-refractivity contribution >= 4 is 40.2 Å². The summed E-state index contributed by atoms with van der Waals surface area (Å²) in [4.78, 5) is 44.7. The van der Waals surface area contributed by atoms with Gasteiger partial charge in [-0.1, -0.05) is 23.9 Å². The molecule has 0 saturated heterocycles. The molecule has 0 fully saturated rings. The molecule has 0 spiro atoms. The topological polar surface area (TPSA) is 110 Å². The number of hydrogen-bond donors (Lipinski definition) is 2. The molecule has 31 heavy (non-hydrogen) atoms. The van der Waals surface area contributed by atoms with Gasteiger partial charge in [-0.05, 0) is 44.2 Å². The van der Waals surface area contributed by atoms with Crippen molar-refractivity contribution in [1.29, 1.82) is 0 Å². The Morgan fingerprint density at radius 3 is 2.81 bits per heavy atom. The molecular formula is C22H20N4O4S. The Morgan fingerprint density at radius 2 is 2.06 bits per heavy atom. The lowest BCUT2D eigenvalue weighted by Gasteiger charge is -2.11. The number of aryl methyl sites for hydroxylation is 1. The van der Waals surface area contributed by atoms with Gasteiger partial charge >= 0.3 is 0 Å². The van der Waals surface area contributed by atoms with E-state index in [4.69, 9.17) is 4.42 Å². The molecule has 0 saturated carbocycles. The van der Waals surface area contributed by atoms with Crippen molar-refractivity contribution in [3.63, 3.8) is 0 Å². The van der Waals surface area contributed by atoms with Gasteiger partial charge in [0.15, 0.2) is 10.9 Å². The number of hydrogen-bond acceptors (Lipinski definition) is 6. The fourth-order valence-electron chi connectivity index (χ4n) is 3.16. The lowest BCUT2D eigenvalue weighted by molar-refractivity contribution is -0.113. The van der Waals surface area contributed by atoms with Gasteiger partial charge < -0.3 is 14.7 Å². The van der Waals surface area contributed by atoms with Crippen LogP contribution in [-0.2, 0) is 11.3 Å². The van der Waals surface area contributed by atoms with E-state index < -0.39 is 0 Å². The predicted octanol–water partition coefficient (Wildman–Crippen LogP) is 3.61. The summed E-state index contributed by atoms with van der Waals surface area (Å²) in [6, 6.07) is 12.1. The highest BCUT2D eigenvalue weighted by atomic mass is 32.2. The number of carbonyl (C=O) groups excluding carboxylic acids is 2. The molecule has 0 unspecified atom stereocenters. The van der Waals surface area contributed by atoms with Crippen molar-refractivity contribution in [3.8, 4) is 0 Å². The van der Waals surface area contributed by atoms with E-state index in [0.29, 0.717) is 33.2 Å². The van der Waals surface area contributed by atoms with E-state index >= 15 is 0 Å². The number of H-pyrrole nitrogens is 1. The van der Waals surface area contributed by atoms with Gasteiger partial charge in [0.2, 0.25) is 5.91 Å². The minimum Gasteiger partial charge on any atom is -0.467 e. The highest BCUT2D eigenvalue weighted by Crippen LogP contribution is 2.20. The summed E-state index contributed by atoms with van der Waals surface area (Å²) in [5, 5.41) is 3.19. The van der Waals surface area contributed by atoms with Crippen LogP contribution >= 0.6 is 11.8 Å². The number of carbonyl (C=O) groups is 2. The molecule has 0 aliphatic heterocycles. The van der Waals surface area contributed by atoms with E-state index in [1.807, 2.05) is 6.92 Å². The zero-order chi connectivity index (χ0) is 22.0. The van der Waals surface area contributed by atoms with Crippen LogP contribution in [0.25, 0.3) is 11.0 Å². The van der Waals surface area contributed by atoms with Gasteiger partial charge in [-0.25, -0.2) is 4.98 Å². The quantitative estimate of drug-likeness (QED) is 0.260. The second kappa shape index (κ2) is 8.65. The molecule has 158 valence electrons. The number of amides is 1. The third-order valence-corrected chi connectivity index (χ3v) is 5.59. The molecule has 9 heteroatoms. The fraction of sp³-hybridized carbons (Fsp3) is 0.182. The number of ketones is 1. The molecule has 0 radical (unpaired) electrons. The zero-order valence-electron chi connectivity index (χ0n) is 17.0. The fourth-order valence-corrected chi connectivity index (χ4v) is 3.96. The number of nitrogens with zero attached hydrogens (tertiary/aromatic N) is 2. The molecule has 4 aromatic rings. The molecule has 0 bridgehead atoms. The molecule has 0 aliphatic rings. The summed E-state index contributed by atoms with van der Waals surface area (Å²) in [5.74, 6) is 0.310. The van der Waals surface area contributed by atoms with E-state index in [2.05, 4.69) is 15.3 Å². The van der Waals surface area contributed by atoms with E-state index in [9.17, 15) is 14.4 Å². The Hall–Kier alpha value is -3.59. The first kappa shape index (κ1) is 20.7. The van der Waals surface area contributed by atoms with Crippen molar-refractivity contribution in [1.82, 2.24) is 14.5 Å². The number of anilines is 1. The normalized spacial score (nSPS) is 11.0. The van der Waals surface area contributed by atoms with Crippen molar-refractivity contribution < 1.29 is 14.0 Å². The standard InChI is InChI=1S/C22H20N4O4S/c1-13-9-18-20(23-13)21(29)26(11-17-7-4-8-30-17)22(25-18)31-12-19(28)24-16-6-3-5-15(10-16)14(2)27/h3-10,23H,11-12H2,1-2H3,(H,24,28). The first-order valence-electron chi connectivity index (χ1n) is 9.57. The van der Waals surface area contributed by atoms with Gasteiger partial charge in [0, 0.05) is 16.9 Å². The smallest absolute Gasteiger partial charge is 0.278 e. The third-order valence-electron chi connectivity index (χ3n) is 4.62. The van der Waals surface area contributed by atoms with Crippen LogP contribution in [-0.4, -0.2) is 32.0 Å². The highest BCUT2D eigenvalue weighted by molar-refractivity contribution is 7.99. The van der Waals surface area contributed by atoms with E-state index in [0.717, 1.165) is 17.5 Å². The van der Waals surface area contributed by atoms with Crippen molar-refractivity contribution in [2.75, 3.05) is 11.1 Å². The molecular weight excluding hydrogens is 416 g/mol. The number of aromatic nitrogens is 3. The molecule has 4 rings (SSSR count). The molecule has 3 aromatic heterocycles. The van der Waals surface area contributed by atoms with Crippen LogP contribution in [0.2, 0.25) is 0 Å². The van der Waals surface area contributed by atoms with E-state index in [1.54, 1.807) is 48.7 Å². The minimum absolute atomic E-state index is 0.0454. The number of Topliss-reactive ketones (excluding diaryl/α,β-unsaturated/α-hetero) is 1. The average molecular weight is 436 g/mol. The largest absolute Gasteiger partial charge is 0.467 e. The van der Waals surface area contributed by atoms with Crippen LogP contribution in [0.5, 0.6) is 0 Å². The summed E-state index contributed by atoms with van der Waals surface area (Å²) in [5.41, 5.74) is 2.62. The lowest BCUT2D eigenvalue weighted by Crippen LogP contribution is -2.24. The maximum Gasteiger partial charge on any atom is 0.278 e. The van der Waals surface area contributed by atoms with Gasteiger partial charge in [-0.2, -0.15) is 0 Å². The number of furan rings is 1. The zero-order valence-corrected chi connectivity index (χ0v) is 17.8. The van der Waals surface area contributed by atoms with Crippen molar-refractivity contribution in [2.45, 2.75) is 25.5 Å². The molecule has 1 amide bonds. The number of nitrogens with one attached hydrogen (secondary N) is 2. The maximum atomic E-state index is 13.0. The van der Waals surface area contributed by atoms with Crippen LogP contribution in [0.15, 0.2) is 63.1 Å². The monoisotopic (exact) mass is 436 g/mol. The van der Waals surface area contributed by atoms with E-state index in [-0.39, 0.29) is 29.5 Å². The number of rotatable bonds is 7. The van der Waals surface area contributed by atoms with Crippen LogP contribution in [0, 0.1) is 6.92 Å². The van der Waals surface area contributed by atoms with Crippen LogP contribution in [0.4, 0.5) is 5.69 Å². The molecule has 0 atom stereocenters. The van der Waals surface area contributed by atoms with Gasteiger partial charge in [0.25, 0.3) is 5.56 Å². The molecule has 2 N–H and O–H groups in total. The minimum atomic E-state index is -0.269. The summed E-state index contributed by atoms with van der Waals surface area (Å²) in [7, 11) is 0. The number of fused-ring (bicyclic) bond motifs is 1. The molecule has 1 aromatic carbocycles. The van der Waals surface area contributed by atoms with Crippen LogP contribution in [0.1, 0.15) is 28.7 Å². The van der Waals surface area contributed by atoms with Gasteiger partial charge in [0.05, 0.1) is 24.1 Å². The Morgan fingerprint density at radius 1 is 1.23 bits per heavy atom. The highest BCUT2D eigenvalue weighted by Gasteiger charge is 2.16. The van der Waals surface area contributed by atoms with Crippen LogP contribution < -0.4 is 10.9 Å². The lowest BCUT2D eigenvalue weighted by atomic mass is 10.1. The second-order valence-electron chi connectivity index (χ2n) is 7.05. The number of aromatic amines is 1. The number of thioether (sulfide) groups is 1. The molecule has 3 heterocycles. The summed E-state index contributed by atoms with van der Waals surface area (Å²) in [6.07, 6.45) is 1.54. The first-order chi connectivity index (χ1) is 14.9. The average Bonchev–Trinajstić information content (AvgIpc) is 3.38. The Labute approximate surface area is 181 Å². The SMILES string of the molecule is CC(=O)c1cccc(NC(=O)CSc2nc3cc(C)[nH]c3c(=O)n2Cc2ccco2)c1. The third kappa shape index (κ3) is 4.61. The summed E-state index contributed by atoms with van der Waals surface area (Å²) < 4.78 is 6.88.